The Morgan fingerprint density at radius 2 is 2.24 bits per heavy atom. The predicted octanol–water partition coefficient (Wildman–Crippen LogP) is 2.36. The quantitative estimate of drug-likeness (QED) is 0.618. The molecular weight excluding hydrogens is 382 g/mol. The molecule has 3 rings (SSSR count). The van der Waals surface area contributed by atoms with Crippen molar-refractivity contribution in [3.8, 4) is 0 Å². The Balaban J connectivity index is 1.83. The first-order valence-corrected chi connectivity index (χ1v) is 10.5. The molecule has 132 valence electrons. The maximum absolute atomic E-state index is 12.6. The molecule has 0 radical (unpaired) electrons. The van der Waals surface area contributed by atoms with Crippen molar-refractivity contribution in [2.75, 3.05) is 13.7 Å². The van der Waals surface area contributed by atoms with Crippen LogP contribution in [0.5, 0.6) is 0 Å². The zero-order valence-electron chi connectivity index (χ0n) is 13.2. The van der Waals surface area contributed by atoms with E-state index >= 15 is 0 Å². The van der Waals surface area contributed by atoms with Gasteiger partial charge in [0.25, 0.3) is 0 Å². The number of esters is 1. The Morgan fingerprint density at radius 1 is 1.40 bits per heavy atom. The third kappa shape index (κ3) is 3.82. The lowest BCUT2D eigenvalue weighted by molar-refractivity contribution is 0.0602. The standard InChI is InChI=1S/C15H15N3O4S3/c1-22-15(19)14-13(4-8-24-14)25(20,21)17-9-12(11-3-7-23-10-11)18-6-2-5-16-18/h2-8,10,12,17H,9H2,1H3/t12-/m0/s1. The second-order valence-corrected chi connectivity index (χ2v) is 8.45. The summed E-state index contributed by atoms with van der Waals surface area (Å²) in [7, 11) is -2.64. The van der Waals surface area contributed by atoms with E-state index in [2.05, 4.69) is 14.6 Å². The van der Waals surface area contributed by atoms with E-state index in [4.69, 9.17) is 0 Å². The topological polar surface area (TPSA) is 90.3 Å². The van der Waals surface area contributed by atoms with Crippen molar-refractivity contribution >= 4 is 38.7 Å². The number of hydrogen-bond donors (Lipinski definition) is 1. The molecule has 0 saturated carbocycles. The molecule has 1 atom stereocenters. The second kappa shape index (κ2) is 7.48. The summed E-state index contributed by atoms with van der Waals surface area (Å²) in [4.78, 5) is 11.7. The van der Waals surface area contributed by atoms with Gasteiger partial charge < -0.3 is 4.74 Å². The molecule has 1 N–H and O–H groups in total. The lowest BCUT2D eigenvalue weighted by Crippen LogP contribution is -2.32. The number of sulfonamides is 1. The summed E-state index contributed by atoms with van der Waals surface area (Å²) in [6.45, 7) is 0.108. The van der Waals surface area contributed by atoms with Crippen molar-refractivity contribution in [1.82, 2.24) is 14.5 Å². The van der Waals surface area contributed by atoms with Crippen LogP contribution in [0.25, 0.3) is 0 Å². The van der Waals surface area contributed by atoms with Gasteiger partial charge in [-0.15, -0.1) is 11.3 Å². The zero-order chi connectivity index (χ0) is 17.9. The van der Waals surface area contributed by atoms with Crippen LogP contribution in [0.1, 0.15) is 21.3 Å². The van der Waals surface area contributed by atoms with Crippen LogP contribution < -0.4 is 4.72 Å². The summed E-state index contributed by atoms with van der Waals surface area (Å²) in [5.41, 5.74) is 0.954. The van der Waals surface area contributed by atoms with Gasteiger partial charge in [-0.3, -0.25) is 4.68 Å². The minimum Gasteiger partial charge on any atom is -0.465 e. The molecule has 0 aliphatic rings. The van der Waals surface area contributed by atoms with Crippen molar-refractivity contribution in [1.29, 1.82) is 0 Å². The third-order valence-corrected chi connectivity index (χ3v) is 6.72. The molecule has 0 aliphatic heterocycles. The van der Waals surface area contributed by atoms with Crippen molar-refractivity contribution in [3.05, 3.63) is 57.2 Å². The van der Waals surface area contributed by atoms with Crippen LogP contribution in [0.3, 0.4) is 0 Å². The van der Waals surface area contributed by atoms with Gasteiger partial charge in [-0.25, -0.2) is 17.9 Å². The first kappa shape index (κ1) is 17.8. The first-order valence-electron chi connectivity index (χ1n) is 7.19. The van der Waals surface area contributed by atoms with E-state index in [9.17, 15) is 13.2 Å². The number of aromatic nitrogens is 2. The Morgan fingerprint density at radius 3 is 2.88 bits per heavy atom. The predicted molar refractivity (Wildman–Crippen MR) is 95.5 cm³/mol. The Kier molecular flexibility index (Phi) is 5.33. The van der Waals surface area contributed by atoms with Gasteiger partial charge in [0.15, 0.2) is 0 Å². The molecule has 0 saturated heterocycles. The average molecular weight is 398 g/mol. The molecule has 0 spiro atoms. The van der Waals surface area contributed by atoms with Gasteiger partial charge in [0.2, 0.25) is 10.0 Å². The maximum atomic E-state index is 12.6. The minimum atomic E-state index is -3.86. The number of nitrogens with one attached hydrogen (secondary N) is 1. The number of nitrogens with zero attached hydrogens (tertiary/aromatic N) is 2. The molecule has 10 heteroatoms. The first-order chi connectivity index (χ1) is 12.0. The van der Waals surface area contributed by atoms with Crippen LogP contribution in [-0.2, 0) is 14.8 Å². The van der Waals surface area contributed by atoms with E-state index in [1.54, 1.807) is 28.5 Å². The third-order valence-electron chi connectivity index (χ3n) is 3.53. The monoisotopic (exact) mass is 397 g/mol. The average Bonchev–Trinajstić information content (AvgIpc) is 3.34. The van der Waals surface area contributed by atoms with Crippen LogP contribution >= 0.6 is 22.7 Å². The molecule has 0 aromatic carbocycles. The number of thiophene rings is 2. The van der Waals surface area contributed by atoms with E-state index in [0.29, 0.717) is 0 Å². The normalized spacial score (nSPS) is 12.8. The molecule has 3 aromatic rings. The van der Waals surface area contributed by atoms with Gasteiger partial charge in [-0.1, -0.05) is 0 Å². The molecular formula is C15H15N3O4S3. The Bertz CT molecular complexity index is 897. The summed E-state index contributed by atoms with van der Waals surface area (Å²) in [5.74, 6) is -0.670. The van der Waals surface area contributed by atoms with Crippen molar-refractivity contribution in [2.24, 2.45) is 0 Å². The number of hydrogen-bond acceptors (Lipinski definition) is 7. The number of carbonyl (C=O) groups excluding carboxylic acids is 1. The fourth-order valence-electron chi connectivity index (χ4n) is 2.31. The molecule has 0 amide bonds. The lowest BCUT2D eigenvalue weighted by Gasteiger charge is -2.17. The molecule has 25 heavy (non-hydrogen) atoms. The summed E-state index contributed by atoms with van der Waals surface area (Å²) < 4.78 is 34.2. The molecule has 0 fully saturated rings. The van der Waals surface area contributed by atoms with Gasteiger partial charge in [0.1, 0.15) is 9.77 Å². The van der Waals surface area contributed by atoms with Crippen molar-refractivity contribution < 1.29 is 17.9 Å². The van der Waals surface area contributed by atoms with E-state index in [1.807, 2.05) is 16.8 Å². The highest BCUT2D eigenvalue weighted by atomic mass is 32.2. The number of methoxy groups -OCH3 is 1. The largest absolute Gasteiger partial charge is 0.465 e. The lowest BCUT2D eigenvalue weighted by atomic mass is 10.1. The van der Waals surface area contributed by atoms with E-state index in [-0.39, 0.29) is 22.4 Å². The van der Waals surface area contributed by atoms with Crippen LogP contribution in [0.2, 0.25) is 0 Å². The van der Waals surface area contributed by atoms with Gasteiger partial charge in [-0.05, 0) is 39.9 Å². The van der Waals surface area contributed by atoms with Crippen LogP contribution in [-0.4, -0.2) is 37.8 Å². The highest BCUT2D eigenvalue weighted by Gasteiger charge is 2.26. The molecule has 0 unspecified atom stereocenters. The maximum Gasteiger partial charge on any atom is 0.349 e. The van der Waals surface area contributed by atoms with Crippen molar-refractivity contribution in [2.45, 2.75) is 10.9 Å². The Hall–Kier alpha value is -2.01. The fraction of sp³-hybridized carbons (Fsp3) is 0.200. The second-order valence-electron chi connectivity index (χ2n) is 5.02. The van der Waals surface area contributed by atoms with Gasteiger partial charge in [0.05, 0.1) is 13.2 Å². The molecule has 7 nitrogen and oxygen atoms in total. The molecule has 0 bridgehead atoms. The van der Waals surface area contributed by atoms with Gasteiger partial charge in [-0.2, -0.15) is 16.4 Å². The van der Waals surface area contributed by atoms with Crippen LogP contribution in [0.4, 0.5) is 0 Å². The van der Waals surface area contributed by atoms with Crippen molar-refractivity contribution in [3.63, 3.8) is 0 Å². The van der Waals surface area contributed by atoms with Gasteiger partial charge in [0, 0.05) is 18.9 Å². The molecule has 3 aromatic heterocycles. The SMILES string of the molecule is COC(=O)c1sccc1S(=O)(=O)NC[C@@H](c1ccsc1)n1cccn1. The number of ether oxygens (including phenoxy) is 1. The summed E-state index contributed by atoms with van der Waals surface area (Å²) in [6, 6.07) is 4.82. The summed E-state index contributed by atoms with van der Waals surface area (Å²) in [6.07, 6.45) is 3.42. The van der Waals surface area contributed by atoms with E-state index in [0.717, 1.165) is 16.9 Å². The number of carbonyl (C=O) groups is 1. The molecule has 3 heterocycles. The number of rotatable bonds is 7. The highest BCUT2D eigenvalue weighted by Crippen LogP contribution is 2.24. The zero-order valence-corrected chi connectivity index (χ0v) is 15.6. The van der Waals surface area contributed by atoms with E-state index < -0.39 is 16.0 Å². The minimum absolute atomic E-state index is 0.0566. The fourth-order valence-corrected chi connectivity index (χ4v) is 5.39. The summed E-state index contributed by atoms with van der Waals surface area (Å²) >= 11 is 2.56. The van der Waals surface area contributed by atoms with Crippen LogP contribution in [0.15, 0.2) is 51.6 Å². The Labute approximate surface area is 152 Å². The van der Waals surface area contributed by atoms with Gasteiger partial charge >= 0.3 is 5.97 Å². The molecule has 0 aliphatic carbocycles. The van der Waals surface area contributed by atoms with E-state index in [1.165, 1.54) is 24.5 Å². The smallest absolute Gasteiger partial charge is 0.349 e. The van der Waals surface area contributed by atoms with Crippen LogP contribution in [0, 0.1) is 0 Å². The summed E-state index contributed by atoms with van der Waals surface area (Å²) in [5, 5.41) is 9.63. The highest BCUT2D eigenvalue weighted by molar-refractivity contribution is 7.89.